The molecule has 0 aliphatic carbocycles. The van der Waals surface area contributed by atoms with Crippen LogP contribution in [0.5, 0.6) is 5.75 Å². The molecule has 0 aliphatic heterocycles. The Morgan fingerprint density at radius 3 is 2.14 bits per heavy atom. The average molecular weight is 192 g/mol. The van der Waals surface area contributed by atoms with Crippen molar-refractivity contribution in [2.75, 3.05) is 0 Å². The van der Waals surface area contributed by atoms with Crippen LogP contribution in [0.25, 0.3) is 0 Å². The van der Waals surface area contributed by atoms with E-state index in [-0.39, 0.29) is 11.3 Å². The highest BCUT2D eigenvalue weighted by molar-refractivity contribution is 5.97. The van der Waals surface area contributed by atoms with E-state index in [0.717, 1.165) is 5.56 Å². The summed E-state index contributed by atoms with van der Waals surface area (Å²) in [6, 6.07) is 6.70. The molecule has 1 aromatic rings. The Kier molecular flexibility index (Phi) is 2.79. The molecular weight excluding hydrogens is 176 g/mol. The second-order valence-corrected chi connectivity index (χ2v) is 4.21. The second-order valence-electron chi connectivity index (χ2n) is 4.21. The Morgan fingerprint density at radius 2 is 1.71 bits per heavy atom. The van der Waals surface area contributed by atoms with Crippen molar-refractivity contribution in [2.45, 2.75) is 26.3 Å². The van der Waals surface area contributed by atoms with Crippen LogP contribution in [0.1, 0.15) is 26.3 Å². The van der Waals surface area contributed by atoms with Gasteiger partial charge in [0.25, 0.3) is 0 Å². The first-order chi connectivity index (χ1) is 6.38. The number of phenolic OH excluding ortho intramolecular Hbond substituents is 1. The van der Waals surface area contributed by atoms with Crippen molar-refractivity contribution in [1.82, 2.24) is 0 Å². The Balaban J connectivity index is 2.95. The van der Waals surface area contributed by atoms with E-state index in [9.17, 15) is 0 Å². The summed E-state index contributed by atoms with van der Waals surface area (Å²) in [5, 5.41) is 9.09. The molecule has 3 heteroatoms. The zero-order valence-corrected chi connectivity index (χ0v) is 8.78. The zero-order valence-electron chi connectivity index (χ0n) is 8.78. The lowest BCUT2D eigenvalue weighted by Crippen LogP contribution is -2.21. The molecule has 0 bridgehead atoms. The second kappa shape index (κ2) is 3.70. The Morgan fingerprint density at radius 1 is 1.21 bits per heavy atom. The van der Waals surface area contributed by atoms with E-state index in [4.69, 9.17) is 10.8 Å². The summed E-state index contributed by atoms with van der Waals surface area (Å²) in [5.74, 6) is 0.731. The highest BCUT2D eigenvalue weighted by atomic mass is 16.3. The first-order valence-corrected chi connectivity index (χ1v) is 4.53. The van der Waals surface area contributed by atoms with Crippen LogP contribution in [0.3, 0.4) is 0 Å². The number of benzene rings is 1. The molecule has 0 radical (unpaired) electrons. The summed E-state index contributed by atoms with van der Waals surface area (Å²) in [7, 11) is 0. The molecule has 0 saturated heterocycles. The van der Waals surface area contributed by atoms with Gasteiger partial charge in [0.15, 0.2) is 0 Å². The number of nitrogens with two attached hydrogens (primary N) is 1. The van der Waals surface area contributed by atoms with E-state index in [1.165, 1.54) is 0 Å². The normalized spacial score (nSPS) is 12.9. The number of phenols is 1. The first kappa shape index (κ1) is 10.6. The molecule has 0 aromatic heterocycles. The lowest BCUT2D eigenvalue weighted by Gasteiger charge is -2.13. The molecule has 0 unspecified atom stereocenters. The molecule has 1 rings (SSSR count). The molecule has 0 fully saturated rings. The van der Waals surface area contributed by atoms with E-state index in [1.54, 1.807) is 24.3 Å². The third-order valence-corrected chi connectivity index (χ3v) is 1.62. The van der Waals surface area contributed by atoms with Gasteiger partial charge in [-0.3, -0.25) is 4.99 Å². The summed E-state index contributed by atoms with van der Waals surface area (Å²) in [6.45, 7) is 5.96. The van der Waals surface area contributed by atoms with Gasteiger partial charge in [0, 0.05) is 5.56 Å². The van der Waals surface area contributed by atoms with Crippen LogP contribution < -0.4 is 5.73 Å². The van der Waals surface area contributed by atoms with E-state index in [2.05, 4.69) is 4.99 Å². The van der Waals surface area contributed by atoms with Gasteiger partial charge < -0.3 is 10.8 Å². The SMILES string of the molecule is CC(C)(C)N=C(N)c1ccc(O)cc1. The molecule has 76 valence electrons. The van der Waals surface area contributed by atoms with Gasteiger partial charge in [0.05, 0.1) is 5.54 Å². The molecule has 1 aromatic carbocycles. The number of rotatable bonds is 1. The first-order valence-electron chi connectivity index (χ1n) is 4.53. The smallest absolute Gasteiger partial charge is 0.126 e. The summed E-state index contributed by atoms with van der Waals surface area (Å²) in [6.07, 6.45) is 0. The summed E-state index contributed by atoms with van der Waals surface area (Å²) < 4.78 is 0. The van der Waals surface area contributed by atoms with Gasteiger partial charge in [-0.25, -0.2) is 0 Å². The number of aliphatic imine (C=N–C) groups is 1. The van der Waals surface area contributed by atoms with Crippen LogP contribution in [-0.2, 0) is 0 Å². The fourth-order valence-corrected chi connectivity index (χ4v) is 1.06. The van der Waals surface area contributed by atoms with Crippen molar-refractivity contribution in [3.8, 4) is 5.75 Å². The zero-order chi connectivity index (χ0) is 10.8. The predicted octanol–water partition coefficient (Wildman–Crippen LogP) is 1.90. The van der Waals surface area contributed by atoms with Crippen LogP contribution in [-0.4, -0.2) is 16.5 Å². The quantitative estimate of drug-likeness (QED) is 0.527. The predicted molar refractivity (Wildman–Crippen MR) is 58.6 cm³/mol. The maximum atomic E-state index is 9.09. The van der Waals surface area contributed by atoms with Gasteiger partial charge in [0.2, 0.25) is 0 Å². The van der Waals surface area contributed by atoms with Gasteiger partial charge in [-0.2, -0.15) is 0 Å². The maximum Gasteiger partial charge on any atom is 0.126 e. The maximum absolute atomic E-state index is 9.09. The lowest BCUT2D eigenvalue weighted by molar-refractivity contribution is 0.475. The minimum absolute atomic E-state index is 0.179. The monoisotopic (exact) mass is 192 g/mol. The van der Waals surface area contributed by atoms with Crippen molar-refractivity contribution in [2.24, 2.45) is 10.7 Å². The molecule has 0 spiro atoms. The van der Waals surface area contributed by atoms with Crippen molar-refractivity contribution in [3.63, 3.8) is 0 Å². The fraction of sp³-hybridized carbons (Fsp3) is 0.364. The number of hydrogen-bond donors (Lipinski definition) is 2. The van der Waals surface area contributed by atoms with E-state index in [0.29, 0.717) is 5.84 Å². The Hall–Kier alpha value is -1.51. The summed E-state index contributed by atoms with van der Waals surface area (Å²) >= 11 is 0. The molecule has 0 amide bonds. The number of hydrogen-bond acceptors (Lipinski definition) is 2. The molecule has 0 aliphatic rings. The van der Waals surface area contributed by atoms with Gasteiger partial charge in [-0.15, -0.1) is 0 Å². The van der Waals surface area contributed by atoms with Gasteiger partial charge >= 0.3 is 0 Å². The number of nitrogens with zero attached hydrogens (tertiary/aromatic N) is 1. The highest BCUT2D eigenvalue weighted by Crippen LogP contribution is 2.12. The van der Waals surface area contributed by atoms with Crippen LogP contribution in [0, 0.1) is 0 Å². The average Bonchev–Trinajstić information content (AvgIpc) is 2.02. The third kappa shape index (κ3) is 3.09. The molecule has 14 heavy (non-hydrogen) atoms. The van der Waals surface area contributed by atoms with Crippen molar-refractivity contribution in [1.29, 1.82) is 0 Å². The van der Waals surface area contributed by atoms with Crippen molar-refractivity contribution >= 4 is 5.84 Å². The van der Waals surface area contributed by atoms with Gasteiger partial charge in [0.1, 0.15) is 11.6 Å². The third-order valence-electron chi connectivity index (χ3n) is 1.62. The lowest BCUT2D eigenvalue weighted by atomic mass is 10.1. The highest BCUT2D eigenvalue weighted by Gasteiger charge is 2.08. The van der Waals surface area contributed by atoms with Crippen LogP contribution in [0.2, 0.25) is 0 Å². The van der Waals surface area contributed by atoms with Crippen molar-refractivity contribution < 1.29 is 5.11 Å². The minimum Gasteiger partial charge on any atom is -0.508 e. The van der Waals surface area contributed by atoms with E-state index >= 15 is 0 Å². The molecule has 3 N–H and O–H groups in total. The Bertz CT molecular complexity index is 333. The summed E-state index contributed by atoms with van der Waals surface area (Å²) in [5.41, 5.74) is 6.45. The fourth-order valence-electron chi connectivity index (χ4n) is 1.06. The molecule has 0 atom stereocenters. The summed E-state index contributed by atoms with van der Waals surface area (Å²) in [4.78, 5) is 4.32. The standard InChI is InChI=1S/C11H16N2O/c1-11(2,3)13-10(12)8-4-6-9(14)7-5-8/h4-7,14H,1-3H3,(H2,12,13). The minimum atomic E-state index is -0.179. The van der Waals surface area contributed by atoms with Crippen LogP contribution >= 0.6 is 0 Å². The molecular formula is C11H16N2O. The van der Waals surface area contributed by atoms with Crippen LogP contribution in [0.4, 0.5) is 0 Å². The largest absolute Gasteiger partial charge is 0.508 e. The number of amidine groups is 1. The topological polar surface area (TPSA) is 58.6 Å². The van der Waals surface area contributed by atoms with Crippen molar-refractivity contribution in [3.05, 3.63) is 29.8 Å². The molecule has 0 saturated carbocycles. The number of aromatic hydroxyl groups is 1. The molecule has 0 heterocycles. The van der Waals surface area contributed by atoms with Crippen LogP contribution in [0.15, 0.2) is 29.3 Å². The molecule has 3 nitrogen and oxygen atoms in total. The van der Waals surface area contributed by atoms with Gasteiger partial charge in [-0.05, 0) is 45.0 Å². The van der Waals surface area contributed by atoms with E-state index < -0.39 is 0 Å². The van der Waals surface area contributed by atoms with E-state index in [1.807, 2.05) is 20.8 Å². The Labute approximate surface area is 84.3 Å². The van der Waals surface area contributed by atoms with Gasteiger partial charge in [-0.1, -0.05) is 0 Å².